The van der Waals surface area contributed by atoms with Crippen molar-refractivity contribution >= 4 is 28.5 Å². The number of carbonyl (C=O) groups excluding carboxylic acids is 2. The first-order valence-electron chi connectivity index (χ1n) is 10.2. The van der Waals surface area contributed by atoms with Gasteiger partial charge in [-0.05, 0) is 63.0 Å². The number of pyridine rings is 1. The molecule has 3 aromatic rings. The Morgan fingerprint density at radius 3 is 2.56 bits per heavy atom. The number of hydrogen-bond donors (Lipinski definition) is 1. The van der Waals surface area contributed by atoms with Crippen LogP contribution in [0.15, 0.2) is 57.5 Å². The number of aryl methyl sites for hydroxylation is 1. The molecule has 1 aliphatic heterocycles. The highest BCUT2D eigenvalue weighted by molar-refractivity contribution is 6.46. The first kappa shape index (κ1) is 21.5. The van der Waals surface area contributed by atoms with Crippen LogP contribution in [0.1, 0.15) is 23.6 Å². The Kier molecular flexibility index (Phi) is 5.67. The number of aliphatic hydroxyl groups excluding tert-OH is 1. The minimum atomic E-state index is -0.747. The molecule has 1 saturated heterocycles. The van der Waals surface area contributed by atoms with Crippen LogP contribution >= 0.6 is 0 Å². The van der Waals surface area contributed by atoms with Crippen molar-refractivity contribution in [3.8, 4) is 0 Å². The van der Waals surface area contributed by atoms with Crippen LogP contribution in [0.4, 0.5) is 0 Å². The number of benzene rings is 1. The minimum Gasteiger partial charge on any atom is -0.507 e. The molecule has 2 aromatic heterocycles. The zero-order chi connectivity index (χ0) is 23.0. The zero-order valence-corrected chi connectivity index (χ0v) is 18.1. The number of nitrogens with zero attached hydrogens (tertiary/aromatic N) is 4. The number of ketones is 1. The predicted octanol–water partition coefficient (Wildman–Crippen LogP) is 1.90. The first-order chi connectivity index (χ1) is 15.3. The Balaban J connectivity index is 1.82. The van der Waals surface area contributed by atoms with Crippen molar-refractivity contribution in [2.75, 3.05) is 27.2 Å². The summed E-state index contributed by atoms with van der Waals surface area (Å²) < 4.78 is 6.55. The van der Waals surface area contributed by atoms with Gasteiger partial charge in [0, 0.05) is 31.5 Å². The van der Waals surface area contributed by atoms with Crippen LogP contribution in [-0.2, 0) is 16.6 Å². The zero-order valence-electron chi connectivity index (χ0n) is 18.1. The molecular formula is C23H24N4O5. The van der Waals surface area contributed by atoms with Crippen molar-refractivity contribution < 1.29 is 19.1 Å². The maximum absolute atomic E-state index is 13.0. The molecule has 1 aliphatic rings. The molecule has 0 spiro atoms. The fourth-order valence-electron chi connectivity index (χ4n) is 4.00. The maximum Gasteiger partial charge on any atom is 0.419 e. The molecule has 3 heterocycles. The Labute approximate surface area is 184 Å². The molecule has 4 rings (SSSR count). The third kappa shape index (κ3) is 3.71. The number of oxazole rings is 1. The third-order valence-corrected chi connectivity index (χ3v) is 5.63. The largest absolute Gasteiger partial charge is 0.507 e. The summed E-state index contributed by atoms with van der Waals surface area (Å²) in [5.74, 6) is -2.24. The molecule has 32 heavy (non-hydrogen) atoms. The number of fused-ring (bicyclic) bond motifs is 1. The van der Waals surface area contributed by atoms with E-state index >= 15 is 0 Å². The van der Waals surface area contributed by atoms with Crippen LogP contribution < -0.4 is 5.76 Å². The number of Topliss-reactive ketones (excluding diaryl/α,β-unsaturated/α-hetero) is 1. The summed E-state index contributed by atoms with van der Waals surface area (Å²) in [6.45, 7) is 1.11. The van der Waals surface area contributed by atoms with Crippen LogP contribution in [0.5, 0.6) is 0 Å². The average molecular weight is 436 g/mol. The highest BCUT2D eigenvalue weighted by Crippen LogP contribution is 2.39. The third-order valence-electron chi connectivity index (χ3n) is 5.63. The number of rotatable bonds is 6. The SMILES string of the molecule is CN(C)CCCN1C(=O)C(=O)C(=C(O)c2ccc3c(c2)oc(=O)n3C)C1c1ccncc1. The van der Waals surface area contributed by atoms with E-state index in [0.717, 1.165) is 6.54 Å². The highest BCUT2D eigenvalue weighted by atomic mass is 16.4. The smallest absolute Gasteiger partial charge is 0.419 e. The van der Waals surface area contributed by atoms with E-state index in [-0.39, 0.29) is 22.5 Å². The maximum atomic E-state index is 13.0. The molecule has 0 bridgehead atoms. The number of likely N-dealkylation sites (tertiary alicyclic amines) is 1. The standard InChI is InChI=1S/C23H24N4O5/c1-25(2)11-4-12-27-19(14-7-9-24-10-8-14)18(21(29)22(27)30)20(28)15-5-6-16-17(13-15)32-23(31)26(16)3/h5-10,13,19,28H,4,11-12H2,1-3H3. The lowest BCUT2D eigenvalue weighted by Crippen LogP contribution is -2.32. The van der Waals surface area contributed by atoms with E-state index in [4.69, 9.17) is 4.42 Å². The molecule has 1 amide bonds. The number of hydrogen-bond acceptors (Lipinski definition) is 7. The lowest BCUT2D eigenvalue weighted by molar-refractivity contribution is -0.139. The molecule has 0 saturated carbocycles. The van der Waals surface area contributed by atoms with Crippen molar-refractivity contribution in [3.63, 3.8) is 0 Å². The predicted molar refractivity (Wildman–Crippen MR) is 118 cm³/mol. The molecule has 9 heteroatoms. The second-order valence-corrected chi connectivity index (χ2v) is 8.04. The second kappa shape index (κ2) is 8.43. The van der Waals surface area contributed by atoms with Crippen LogP contribution in [0.3, 0.4) is 0 Å². The summed E-state index contributed by atoms with van der Waals surface area (Å²) in [4.78, 5) is 45.3. The second-order valence-electron chi connectivity index (χ2n) is 8.04. The van der Waals surface area contributed by atoms with Gasteiger partial charge >= 0.3 is 5.76 Å². The Bertz CT molecular complexity index is 1270. The van der Waals surface area contributed by atoms with Crippen LogP contribution in [0.2, 0.25) is 0 Å². The van der Waals surface area contributed by atoms with E-state index in [2.05, 4.69) is 4.98 Å². The van der Waals surface area contributed by atoms with Crippen LogP contribution in [0, 0.1) is 0 Å². The summed E-state index contributed by atoms with van der Waals surface area (Å²) in [6, 6.07) is 7.43. The van der Waals surface area contributed by atoms with E-state index in [1.807, 2.05) is 19.0 Å². The minimum absolute atomic E-state index is 0.00341. The normalized spacial score (nSPS) is 18.2. The highest BCUT2D eigenvalue weighted by Gasteiger charge is 2.45. The first-order valence-corrected chi connectivity index (χ1v) is 10.2. The fraction of sp³-hybridized carbons (Fsp3) is 0.304. The van der Waals surface area contributed by atoms with Gasteiger partial charge in [-0.3, -0.25) is 19.1 Å². The molecular weight excluding hydrogens is 412 g/mol. The van der Waals surface area contributed by atoms with Gasteiger partial charge in [0.15, 0.2) is 5.58 Å². The number of aliphatic hydroxyl groups is 1. The molecule has 1 unspecified atom stereocenters. The molecule has 1 N–H and O–H groups in total. The molecule has 166 valence electrons. The Morgan fingerprint density at radius 2 is 1.88 bits per heavy atom. The fourth-order valence-corrected chi connectivity index (χ4v) is 4.00. The van der Waals surface area contributed by atoms with Crippen molar-refractivity contribution in [1.29, 1.82) is 0 Å². The monoisotopic (exact) mass is 436 g/mol. The van der Waals surface area contributed by atoms with Crippen LogP contribution in [0.25, 0.3) is 16.9 Å². The Hall–Kier alpha value is -3.72. The Morgan fingerprint density at radius 1 is 1.16 bits per heavy atom. The van der Waals surface area contributed by atoms with E-state index < -0.39 is 23.5 Å². The van der Waals surface area contributed by atoms with Gasteiger partial charge in [0.2, 0.25) is 0 Å². The quantitative estimate of drug-likeness (QED) is 0.357. The van der Waals surface area contributed by atoms with Gasteiger partial charge in [-0.2, -0.15) is 0 Å². The number of carbonyl (C=O) groups is 2. The number of amides is 1. The molecule has 1 atom stereocenters. The van der Waals surface area contributed by atoms with E-state index in [1.165, 1.54) is 15.5 Å². The molecule has 1 fully saturated rings. The van der Waals surface area contributed by atoms with Gasteiger partial charge in [-0.25, -0.2) is 4.79 Å². The van der Waals surface area contributed by atoms with Crippen molar-refractivity contribution in [3.05, 3.63) is 70.0 Å². The van der Waals surface area contributed by atoms with Gasteiger partial charge < -0.3 is 19.3 Å². The van der Waals surface area contributed by atoms with Crippen molar-refractivity contribution in [1.82, 2.24) is 19.4 Å². The molecule has 9 nitrogen and oxygen atoms in total. The van der Waals surface area contributed by atoms with Gasteiger partial charge in [0.25, 0.3) is 11.7 Å². The van der Waals surface area contributed by atoms with Crippen LogP contribution in [-0.4, -0.2) is 63.3 Å². The summed E-state index contributed by atoms with van der Waals surface area (Å²) in [5, 5.41) is 11.1. The average Bonchev–Trinajstić information content (AvgIpc) is 3.20. The van der Waals surface area contributed by atoms with E-state index in [1.54, 1.807) is 43.7 Å². The summed E-state index contributed by atoms with van der Waals surface area (Å²) >= 11 is 0. The summed E-state index contributed by atoms with van der Waals surface area (Å²) in [5.41, 5.74) is 1.81. The van der Waals surface area contributed by atoms with Crippen molar-refractivity contribution in [2.45, 2.75) is 12.5 Å². The number of aromatic nitrogens is 2. The topological polar surface area (TPSA) is 109 Å². The molecule has 1 aromatic carbocycles. The molecule has 0 aliphatic carbocycles. The van der Waals surface area contributed by atoms with Crippen molar-refractivity contribution in [2.24, 2.45) is 7.05 Å². The van der Waals surface area contributed by atoms with E-state index in [0.29, 0.717) is 24.0 Å². The van der Waals surface area contributed by atoms with Gasteiger partial charge in [-0.15, -0.1) is 0 Å². The van der Waals surface area contributed by atoms with E-state index in [9.17, 15) is 19.5 Å². The summed E-state index contributed by atoms with van der Waals surface area (Å²) in [7, 11) is 5.45. The van der Waals surface area contributed by atoms with Gasteiger partial charge in [-0.1, -0.05) is 0 Å². The van der Waals surface area contributed by atoms with Gasteiger partial charge in [0.05, 0.1) is 17.1 Å². The molecule has 0 radical (unpaired) electrons. The van der Waals surface area contributed by atoms with Gasteiger partial charge in [0.1, 0.15) is 5.76 Å². The summed E-state index contributed by atoms with van der Waals surface area (Å²) in [6.07, 6.45) is 3.84. The lowest BCUT2D eigenvalue weighted by Gasteiger charge is -2.25. The lowest BCUT2D eigenvalue weighted by atomic mass is 9.96.